The number of hydrogen-bond donors (Lipinski definition) is 3. The van der Waals surface area contributed by atoms with Gasteiger partial charge in [0.15, 0.2) is 0 Å². The van der Waals surface area contributed by atoms with Gasteiger partial charge in [-0.15, -0.1) is 0 Å². The molecule has 2 aliphatic rings. The Morgan fingerprint density at radius 3 is 2.88 bits per heavy atom. The number of rotatable bonds is 5. The van der Waals surface area contributed by atoms with Gasteiger partial charge in [0.25, 0.3) is 0 Å². The summed E-state index contributed by atoms with van der Waals surface area (Å²) in [6.07, 6.45) is 4.75. The minimum Gasteiger partial charge on any atom is -0.393 e. The molecule has 1 saturated heterocycles. The van der Waals surface area contributed by atoms with Crippen LogP contribution in [0.4, 0.5) is 0 Å². The quantitative estimate of drug-likeness (QED) is 0.618. The molecule has 0 bridgehead atoms. The van der Waals surface area contributed by atoms with Crippen LogP contribution in [0.2, 0.25) is 0 Å². The summed E-state index contributed by atoms with van der Waals surface area (Å²) in [7, 11) is 0. The van der Waals surface area contributed by atoms with Crippen molar-refractivity contribution in [2.24, 2.45) is 11.3 Å². The van der Waals surface area contributed by atoms with Gasteiger partial charge < -0.3 is 15.7 Å². The smallest absolute Gasteiger partial charge is 0.223 e. The fraction of sp³-hybridized carbons (Fsp3) is 0.923. The maximum absolute atomic E-state index is 11.9. The van der Waals surface area contributed by atoms with E-state index in [-0.39, 0.29) is 17.9 Å². The minimum atomic E-state index is -0.261. The number of amides is 1. The highest BCUT2D eigenvalue weighted by Crippen LogP contribution is 2.58. The zero-order chi connectivity index (χ0) is 12.3. The molecule has 1 aliphatic heterocycles. The lowest BCUT2D eigenvalue weighted by molar-refractivity contribution is -0.123. The summed E-state index contributed by atoms with van der Waals surface area (Å²) < 4.78 is 0. The summed E-state index contributed by atoms with van der Waals surface area (Å²) in [4.78, 5) is 11.9. The van der Waals surface area contributed by atoms with Crippen molar-refractivity contribution in [1.29, 1.82) is 0 Å². The third-order valence-electron chi connectivity index (χ3n) is 4.20. The Kier molecular flexibility index (Phi) is 4.05. The van der Waals surface area contributed by atoms with Gasteiger partial charge in [-0.1, -0.05) is 0 Å². The van der Waals surface area contributed by atoms with Crippen LogP contribution < -0.4 is 10.6 Å². The standard InChI is InChI=1S/C13H24N2O2/c1-10(16)3-2-6-15-12(17)11-9-13(11)4-7-14-8-5-13/h10-11,14,16H,2-9H2,1H3,(H,15,17). The van der Waals surface area contributed by atoms with Crippen molar-refractivity contribution in [2.45, 2.75) is 45.1 Å². The Labute approximate surface area is 103 Å². The van der Waals surface area contributed by atoms with Gasteiger partial charge in [0.1, 0.15) is 0 Å². The summed E-state index contributed by atoms with van der Waals surface area (Å²) >= 11 is 0. The largest absolute Gasteiger partial charge is 0.393 e. The van der Waals surface area contributed by atoms with Crippen molar-refractivity contribution < 1.29 is 9.90 Å². The first-order valence-corrected chi connectivity index (χ1v) is 6.80. The molecule has 0 aromatic carbocycles. The molecule has 2 unspecified atom stereocenters. The maximum atomic E-state index is 11.9. The fourth-order valence-electron chi connectivity index (χ4n) is 2.93. The molecular formula is C13H24N2O2. The highest BCUT2D eigenvalue weighted by molar-refractivity contribution is 5.82. The molecule has 17 heavy (non-hydrogen) atoms. The number of hydrogen-bond acceptors (Lipinski definition) is 3. The molecule has 2 rings (SSSR count). The van der Waals surface area contributed by atoms with Gasteiger partial charge in [-0.25, -0.2) is 0 Å². The van der Waals surface area contributed by atoms with Crippen molar-refractivity contribution in [2.75, 3.05) is 19.6 Å². The van der Waals surface area contributed by atoms with Crippen LogP contribution in [0.15, 0.2) is 0 Å². The molecule has 1 heterocycles. The Morgan fingerprint density at radius 1 is 1.53 bits per heavy atom. The topological polar surface area (TPSA) is 61.4 Å². The average molecular weight is 240 g/mol. The van der Waals surface area contributed by atoms with Crippen molar-refractivity contribution in [3.05, 3.63) is 0 Å². The zero-order valence-electron chi connectivity index (χ0n) is 10.7. The molecule has 0 radical (unpaired) electrons. The van der Waals surface area contributed by atoms with E-state index in [1.165, 1.54) is 0 Å². The van der Waals surface area contributed by atoms with Crippen LogP contribution in [0.5, 0.6) is 0 Å². The fourth-order valence-corrected chi connectivity index (χ4v) is 2.93. The van der Waals surface area contributed by atoms with Crippen LogP contribution in [-0.2, 0) is 4.79 Å². The predicted octanol–water partition coefficient (Wildman–Crippen LogP) is 0.653. The molecule has 4 heteroatoms. The monoisotopic (exact) mass is 240 g/mol. The van der Waals surface area contributed by atoms with E-state index in [1.807, 2.05) is 0 Å². The van der Waals surface area contributed by atoms with E-state index >= 15 is 0 Å². The Hall–Kier alpha value is -0.610. The van der Waals surface area contributed by atoms with Crippen molar-refractivity contribution >= 4 is 5.91 Å². The van der Waals surface area contributed by atoms with Crippen LogP contribution in [0.1, 0.15) is 39.0 Å². The minimum absolute atomic E-state index is 0.234. The average Bonchev–Trinajstić information content (AvgIpc) is 2.99. The number of aliphatic hydroxyl groups is 1. The molecule has 1 amide bonds. The number of carbonyl (C=O) groups excluding carboxylic acids is 1. The maximum Gasteiger partial charge on any atom is 0.223 e. The van der Waals surface area contributed by atoms with E-state index in [1.54, 1.807) is 6.92 Å². The summed E-state index contributed by atoms with van der Waals surface area (Å²) in [6, 6.07) is 0. The van der Waals surface area contributed by atoms with Gasteiger partial charge >= 0.3 is 0 Å². The SMILES string of the molecule is CC(O)CCCNC(=O)C1CC12CCNCC2. The summed E-state index contributed by atoms with van der Waals surface area (Å²) in [5.74, 6) is 0.494. The first kappa shape index (κ1) is 12.8. The third-order valence-corrected chi connectivity index (χ3v) is 4.20. The molecule has 98 valence electrons. The molecule has 0 aromatic rings. The second-order valence-electron chi connectivity index (χ2n) is 5.65. The normalized spacial score (nSPS) is 27.8. The van der Waals surface area contributed by atoms with Crippen LogP contribution in [0, 0.1) is 11.3 Å². The summed E-state index contributed by atoms with van der Waals surface area (Å²) in [5, 5.41) is 15.5. The molecule has 2 fully saturated rings. The number of aliphatic hydroxyl groups excluding tert-OH is 1. The highest BCUT2D eigenvalue weighted by atomic mass is 16.3. The van der Waals surface area contributed by atoms with Gasteiger partial charge in [-0.05, 0) is 57.5 Å². The number of nitrogens with one attached hydrogen (secondary N) is 2. The van der Waals surface area contributed by atoms with E-state index in [0.29, 0.717) is 12.0 Å². The van der Waals surface area contributed by atoms with Gasteiger partial charge in [-0.3, -0.25) is 4.79 Å². The second kappa shape index (κ2) is 5.36. The molecule has 4 nitrogen and oxygen atoms in total. The third kappa shape index (κ3) is 3.19. The van der Waals surface area contributed by atoms with E-state index in [4.69, 9.17) is 5.11 Å². The molecular weight excluding hydrogens is 216 g/mol. The van der Waals surface area contributed by atoms with Crippen molar-refractivity contribution in [1.82, 2.24) is 10.6 Å². The van der Waals surface area contributed by atoms with Crippen LogP contribution in [0.25, 0.3) is 0 Å². The van der Waals surface area contributed by atoms with E-state index < -0.39 is 0 Å². The van der Waals surface area contributed by atoms with Crippen LogP contribution in [-0.4, -0.2) is 36.8 Å². The number of carbonyl (C=O) groups is 1. The lowest BCUT2D eigenvalue weighted by atomic mass is 9.92. The summed E-state index contributed by atoms with van der Waals surface area (Å²) in [5.41, 5.74) is 0.333. The Bertz CT molecular complexity index is 273. The summed E-state index contributed by atoms with van der Waals surface area (Å²) in [6.45, 7) is 4.61. The highest BCUT2D eigenvalue weighted by Gasteiger charge is 2.57. The predicted molar refractivity (Wildman–Crippen MR) is 66.6 cm³/mol. The van der Waals surface area contributed by atoms with Gasteiger partial charge in [0.2, 0.25) is 5.91 Å². The first-order valence-electron chi connectivity index (χ1n) is 6.80. The van der Waals surface area contributed by atoms with E-state index in [9.17, 15) is 4.79 Å². The molecule has 1 saturated carbocycles. The van der Waals surface area contributed by atoms with Gasteiger partial charge in [0.05, 0.1) is 6.10 Å². The lowest BCUT2D eigenvalue weighted by Crippen LogP contribution is -2.34. The molecule has 0 aromatic heterocycles. The lowest BCUT2D eigenvalue weighted by Gasteiger charge is -2.23. The molecule has 1 aliphatic carbocycles. The van der Waals surface area contributed by atoms with E-state index in [2.05, 4.69) is 10.6 Å². The van der Waals surface area contributed by atoms with Crippen molar-refractivity contribution in [3.63, 3.8) is 0 Å². The number of piperidine rings is 1. The van der Waals surface area contributed by atoms with Gasteiger partial charge in [-0.2, -0.15) is 0 Å². The first-order chi connectivity index (χ1) is 8.14. The van der Waals surface area contributed by atoms with Crippen molar-refractivity contribution in [3.8, 4) is 0 Å². The molecule has 2 atom stereocenters. The second-order valence-corrected chi connectivity index (χ2v) is 5.65. The molecule has 1 spiro atoms. The molecule has 3 N–H and O–H groups in total. The zero-order valence-corrected chi connectivity index (χ0v) is 10.7. The van der Waals surface area contributed by atoms with Gasteiger partial charge in [0, 0.05) is 12.5 Å². The Balaban J connectivity index is 1.65. The Morgan fingerprint density at radius 2 is 2.24 bits per heavy atom. The van der Waals surface area contributed by atoms with E-state index in [0.717, 1.165) is 45.2 Å². The van der Waals surface area contributed by atoms with Crippen LogP contribution >= 0.6 is 0 Å². The van der Waals surface area contributed by atoms with Crippen LogP contribution in [0.3, 0.4) is 0 Å².